The van der Waals surface area contributed by atoms with Crippen molar-refractivity contribution in [1.82, 2.24) is 0 Å². The van der Waals surface area contributed by atoms with E-state index in [0.717, 1.165) is 0 Å². The van der Waals surface area contributed by atoms with Crippen LogP contribution in [-0.2, 0) is 80.7 Å². The van der Waals surface area contributed by atoms with Crippen LogP contribution in [0.15, 0.2) is 0 Å². The van der Waals surface area contributed by atoms with E-state index < -0.39 is 116 Å². The molecule has 0 spiro atoms. The summed E-state index contributed by atoms with van der Waals surface area (Å²) in [5.41, 5.74) is -1.47. The normalized spacial score (nSPS) is 15.5. The van der Waals surface area contributed by atoms with Crippen LogP contribution in [0, 0.1) is 11.3 Å². The Balaban J connectivity index is -0.00000104. The summed E-state index contributed by atoms with van der Waals surface area (Å²) < 4.78 is 45.6. The first-order valence-electron chi connectivity index (χ1n) is 19.2. The summed E-state index contributed by atoms with van der Waals surface area (Å²) in [5.74, 6) is -6.96. The second kappa shape index (κ2) is 25.9. The SMILES string of the molecule is CC#N.C[C@H](O)C(=O)O[C@@H](C)C(=O)O[C@@H](C)C(=O)O[C@@H](C)C(=O)OC(C)(C)C.C[C@H](OC(=O)[C@H](C)OC(=O)[C@H](C)O[Si](C)(C)C(C)(C)C)C(=O)O[C@@H](C)C(=O)OC(C)(C)C. The number of esters is 8. The number of carbonyl (C=O) groups excluding carboxylic acids is 8. The summed E-state index contributed by atoms with van der Waals surface area (Å²) in [4.78, 5) is 95.2. The lowest BCUT2D eigenvalue weighted by Crippen LogP contribution is -2.46. The minimum absolute atomic E-state index is 0.0989. The predicted molar refractivity (Wildman–Crippen MR) is 216 cm³/mol. The van der Waals surface area contributed by atoms with Gasteiger partial charge in [0, 0.05) is 6.92 Å². The molecule has 19 nitrogen and oxygen atoms in total. The second-order valence-electron chi connectivity index (χ2n) is 17.0. The van der Waals surface area contributed by atoms with Crippen molar-refractivity contribution in [3.05, 3.63) is 0 Å². The van der Waals surface area contributed by atoms with Crippen molar-refractivity contribution < 1.29 is 85.8 Å². The van der Waals surface area contributed by atoms with E-state index in [1.54, 1.807) is 54.5 Å². The highest BCUT2D eigenvalue weighted by Gasteiger charge is 2.40. The minimum atomic E-state index is -2.21. The van der Waals surface area contributed by atoms with Crippen molar-refractivity contribution in [2.24, 2.45) is 0 Å². The van der Waals surface area contributed by atoms with Gasteiger partial charge >= 0.3 is 47.8 Å². The summed E-state index contributed by atoms with van der Waals surface area (Å²) in [7, 11) is -2.21. The average Bonchev–Trinajstić information content (AvgIpc) is 3.06. The summed E-state index contributed by atoms with van der Waals surface area (Å²) in [6, 6.07) is 1.75. The van der Waals surface area contributed by atoms with Crippen molar-refractivity contribution in [2.75, 3.05) is 0 Å². The van der Waals surface area contributed by atoms with E-state index in [9.17, 15) is 38.4 Å². The van der Waals surface area contributed by atoms with Crippen LogP contribution in [-0.4, -0.2) is 121 Å². The topological polar surface area (TPSA) is 264 Å². The lowest BCUT2D eigenvalue weighted by molar-refractivity contribution is -0.185. The number of ether oxygens (including phenoxy) is 8. The molecule has 0 aliphatic carbocycles. The molecule has 0 bridgehead atoms. The van der Waals surface area contributed by atoms with Crippen molar-refractivity contribution in [3.8, 4) is 6.07 Å². The molecule has 0 rings (SSSR count). The molecule has 0 aliphatic rings. The molecular weight excluding hydrogens is 811 g/mol. The molecule has 0 heterocycles. The number of nitriles is 1. The highest BCUT2D eigenvalue weighted by molar-refractivity contribution is 6.74. The van der Waals surface area contributed by atoms with Crippen LogP contribution in [0.3, 0.4) is 0 Å². The Morgan fingerprint density at radius 2 is 0.650 bits per heavy atom. The van der Waals surface area contributed by atoms with Crippen LogP contribution in [0.1, 0.15) is 125 Å². The maximum atomic E-state index is 12.3. The first-order chi connectivity index (χ1) is 26.8. The van der Waals surface area contributed by atoms with E-state index in [1.165, 1.54) is 55.4 Å². The fourth-order valence-electron chi connectivity index (χ4n) is 3.35. The molecule has 0 aliphatic heterocycles. The van der Waals surface area contributed by atoms with E-state index in [2.05, 4.69) is 4.74 Å². The largest absolute Gasteiger partial charge is 0.457 e. The third-order valence-electron chi connectivity index (χ3n) is 7.51. The van der Waals surface area contributed by atoms with Crippen LogP contribution in [0.4, 0.5) is 0 Å². The summed E-state index contributed by atoms with van der Waals surface area (Å²) in [6.45, 7) is 32.1. The maximum Gasteiger partial charge on any atom is 0.347 e. The summed E-state index contributed by atoms with van der Waals surface area (Å²) >= 11 is 0. The Hall–Kier alpha value is -4.61. The molecule has 0 aromatic carbocycles. The van der Waals surface area contributed by atoms with Gasteiger partial charge in [0.15, 0.2) is 44.9 Å². The van der Waals surface area contributed by atoms with Crippen molar-refractivity contribution in [2.45, 2.75) is 203 Å². The Bertz CT molecular complexity index is 1500. The molecule has 0 aromatic rings. The quantitative estimate of drug-likeness (QED) is 0.126. The molecule has 0 saturated heterocycles. The van der Waals surface area contributed by atoms with Gasteiger partial charge in [0.25, 0.3) is 0 Å². The predicted octanol–water partition coefficient (Wildman–Crippen LogP) is 4.57. The molecule has 346 valence electrons. The first kappa shape index (κ1) is 59.7. The number of aliphatic hydroxyl groups excluding tert-OH is 1. The minimum Gasteiger partial charge on any atom is -0.457 e. The van der Waals surface area contributed by atoms with Crippen molar-refractivity contribution >= 4 is 56.1 Å². The van der Waals surface area contributed by atoms with Gasteiger partial charge in [-0.05, 0) is 115 Å². The fourth-order valence-corrected chi connectivity index (χ4v) is 4.68. The molecule has 1 N–H and O–H groups in total. The maximum absolute atomic E-state index is 12.3. The van der Waals surface area contributed by atoms with Crippen molar-refractivity contribution in [1.29, 1.82) is 5.26 Å². The Kier molecular flexibility index (Phi) is 25.8. The Labute approximate surface area is 355 Å². The van der Waals surface area contributed by atoms with E-state index in [4.69, 9.17) is 48.0 Å². The number of hydrogen-bond acceptors (Lipinski definition) is 19. The zero-order valence-corrected chi connectivity index (χ0v) is 40.0. The molecule has 0 saturated carbocycles. The third-order valence-corrected chi connectivity index (χ3v) is 12.1. The highest BCUT2D eigenvalue weighted by atomic mass is 28.4. The molecule has 0 amide bonds. The lowest BCUT2D eigenvalue weighted by Gasteiger charge is -2.37. The summed E-state index contributed by atoms with van der Waals surface area (Å²) in [6.07, 6.45) is -9.83. The van der Waals surface area contributed by atoms with E-state index in [1.807, 2.05) is 33.9 Å². The molecule has 8 atom stereocenters. The van der Waals surface area contributed by atoms with Gasteiger partial charge in [0.1, 0.15) is 23.4 Å². The van der Waals surface area contributed by atoms with Crippen molar-refractivity contribution in [3.63, 3.8) is 0 Å². The molecule has 0 fully saturated rings. The molecule has 20 heteroatoms. The van der Waals surface area contributed by atoms with Gasteiger partial charge in [-0.15, -0.1) is 0 Å². The van der Waals surface area contributed by atoms with Crippen LogP contribution in [0.2, 0.25) is 18.1 Å². The number of hydrogen-bond donors (Lipinski definition) is 1. The zero-order valence-electron chi connectivity index (χ0n) is 39.0. The number of nitrogens with zero attached hydrogens (tertiary/aromatic N) is 1. The molecule has 60 heavy (non-hydrogen) atoms. The van der Waals surface area contributed by atoms with Crippen LogP contribution < -0.4 is 0 Å². The third kappa shape index (κ3) is 25.8. The number of rotatable bonds is 16. The first-order valence-corrected chi connectivity index (χ1v) is 22.1. The second-order valence-corrected chi connectivity index (χ2v) is 21.7. The van der Waals surface area contributed by atoms with Gasteiger partial charge in [-0.3, -0.25) is 0 Å². The monoisotopic (exact) mass is 879 g/mol. The Morgan fingerprint density at radius 1 is 0.450 bits per heavy atom. The standard InChI is InChI=1S/C22H40O9Si.C16H26O9.C2H3N/c1-13(18(24)29-15(3)20(26)30-21(5,6)7)27-17(23)14(2)28-19(25)16(4)31-32(11,12)22(8,9)10;1-8(17)12(18)22-9(2)13(19)23-10(3)14(20)24-11(4)15(21)25-16(5,6)7;1-2-3/h13-16H,1-12H3;8-11,17H,1-7H3;1H3/t13-,14-,15-,16-;8-,9-,10-,11-;/m00./s1. The van der Waals surface area contributed by atoms with Gasteiger partial charge < -0.3 is 47.4 Å². The van der Waals surface area contributed by atoms with E-state index in [-0.39, 0.29) is 5.04 Å². The van der Waals surface area contributed by atoms with E-state index in [0.29, 0.717) is 0 Å². The van der Waals surface area contributed by atoms with Gasteiger partial charge in [-0.1, -0.05) is 20.8 Å². The van der Waals surface area contributed by atoms with Gasteiger partial charge in [0.2, 0.25) is 0 Å². The zero-order chi connectivity index (χ0) is 48.3. The molecule has 0 radical (unpaired) electrons. The smallest absolute Gasteiger partial charge is 0.347 e. The molecule has 0 unspecified atom stereocenters. The Morgan fingerprint density at radius 3 is 0.850 bits per heavy atom. The van der Waals surface area contributed by atoms with Crippen LogP contribution in [0.5, 0.6) is 0 Å². The lowest BCUT2D eigenvalue weighted by atomic mass is 10.2. The molecular formula is C40H69NO18Si. The average molecular weight is 880 g/mol. The molecule has 0 aromatic heterocycles. The number of carbonyl (C=O) groups is 8. The van der Waals surface area contributed by atoms with Gasteiger partial charge in [-0.2, -0.15) is 5.26 Å². The van der Waals surface area contributed by atoms with E-state index >= 15 is 0 Å². The number of aliphatic hydroxyl groups is 1. The highest BCUT2D eigenvalue weighted by Crippen LogP contribution is 2.37. The summed E-state index contributed by atoms with van der Waals surface area (Å²) in [5, 5.41) is 16.2. The van der Waals surface area contributed by atoms with Crippen LogP contribution >= 0.6 is 0 Å². The van der Waals surface area contributed by atoms with Gasteiger partial charge in [0.05, 0.1) is 6.07 Å². The van der Waals surface area contributed by atoms with Crippen LogP contribution in [0.25, 0.3) is 0 Å². The fraction of sp³-hybridized carbons (Fsp3) is 0.775. The van der Waals surface area contributed by atoms with Gasteiger partial charge in [-0.25, -0.2) is 38.4 Å².